The molecule has 2 heterocycles. The molecule has 4 rings (SSSR count). The zero-order valence-corrected chi connectivity index (χ0v) is 17.7. The van der Waals surface area contributed by atoms with E-state index in [1.807, 2.05) is 49.4 Å². The summed E-state index contributed by atoms with van der Waals surface area (Å²) in [6.45, 7) is 4.12. The van der Waals surface area contributed by atoms with Gasteiger partial charge in [0.25, 0.3) is 5.91 Å². The fraction of sp³-hybridized carbons (Fsp3) is 0.240. The van der Waals surface area contributed by atoms with Crippen molar-refractivity contribution in [1.82, 2.24) is 20.6 Å². The number of fused-ring (bicyclic) bond motifs is 3. The lowest BCUT2D eigenvalue weighted by molar-refractivity contribution is -0.122. The van der Waals surface area contributed by atoms with Gasteiger partial charge in [0, 0.05) is 22.8 Å². The Hall–Kier alpha value is -3.67. The van der Waals surface area contributed by atoms with Crippen LogP contribution in [-0.2, 0) is 11.2 Å². The topological polar surface area (TPSA) is 86.9 Å². The number of rotatable bonds is 7. The van der Waals surface area contributed by atoms with Gasteiger partial charge in [0.1, 0.15) is 11.7 Å². The highest BCUT2D eigenvalue weighted by Gasteiger charge is 2.19. The molecule has 2 aromatic heterocycles. The van der Waals surface area contributed by atoms with Crippen LogP contribution in [0.3, 0.4) is 0 Å². The van der Waals surface area contributed by atoms with E-state index in [2.05, 4.69) is 32.7 Å². The van der Waals surface area contributed by atoms with Crippen molar-refractivity contribution < 1.29 is 9.59 Å². The third-order valence-corrected chi connectivity index (χ3v) is 5.44. The molecule has 3 N–H and O–H groups in total. The van der Waals surface area contributed by atoms with Crippen LogP contribution >= 0.6 is 0 Å². The molecular formula is C25H26N4O2. The number of benzene rings is 2. The monoisotopic (exact) mass is 414 g/mol. The van der Waals surface area contributed by atoms with Gasteiger partial charge in [0.15, 0.2) is 0 Å². The van der Waals surface area contributed by atoms with Crippen molar-refractivity contribution in [3.05, 3.63) is 77.6 Å². The van der Waals surface area contributed by atoms with Crippen molar-refractivity contribution >= 4 is 33.6 Å². The van der Waals surface area contributed by atoms with Crippen LogP contribution in [0.2, 0.25) is 0 Å². The third-order valence-electron chi connectivity index (χ3n) is 5.44. The first kappa shape index (κ1) is 20.6. The van der Waals surface area contributed by atoms with Gasteiger partial charge >= 0.3 is 0 Å². The number of nitrogens with one attached hydrogen (secondary N) is 3. The molecule has 6 heteroatoms. The SMILES string of the molecule is Cc1nc(C(=O)NC(C)C(=O)NCCCc2ccccc2)cc2c1[nH]c1ccccc12. The molecule has 4 aromatic rings. The Morgan fingerprint density at radius 3 is 2.58 bits per heavy atom. The van der Waals surface area contributed by atoms with Crippen LogP contribution in [0.15, 0.2) is 60.7 Å². The van der Waals surface area contributed by atoms with Gasteiger partial charge in [-0.2, -0.15) is 0 Å². The normalized spacial score (nSPS) is 12.1. The number of amides is 2. The number of aromatic amines is 1. The van der Waals surface area contributed by atoms with E-state index in [-0.39, 0.29) is 11.8 Å². The van der Waals surface area contributed by atoms with E-state index >= 15 is 0 Å². The summed E-state index contributed by atoms with van der Waals surface area (Å²) in [5, 5.41) is 7.65. The molecule has 0 radical (unpaired) electrons. The molecule has 0 aliphatic rings. The number of carbonyl (C=O) groups excluding carboxylic acids is 2. The van der Waals surface area contributed by atoms with Crippen molar-refractivity contribution in [1.29, 1.82) is 0 Å². The first-order valence-electron chi connectivity index (χ1n) is 10.5. The van der Waals surface area contributed by atoms with Gasteiger partial charge in [-0.3, -0.25) is 9.59 Å². The van der Waals surface area contributed by atoms with Gasteiger partial charge in [0.05, 0.1) is 11.2 Å². The van der Waals surface area contributed by atoms with Gasteiger partial charge in [0.2, 0.25) is 5.91 Å². The zero-order valence-electron chi connectivity index (χ0n) is 17.7. The molecule has 0 saturated carbocycles. The summed E-state index contributed by atoms with van der Waals surface area (Å²) < 4.78 is 0. The van der Waals surface area contributed by atoms with Gasteiger partial charge in [-0.05, 0) is 44.4 Å². The van der Waals surface area contributed by atoms with Crippen molar-refractivity contribution in [3.8, 4) is 0 Å². The molecule has 0 fully saturated rings. The Balaban J connectivity index is 1.37. The number of aromatic nitrogens is 2. The van der Waals surface area contributed by atoms with Crippen LogP contribution in [0.25, 0.3) is 21.8 Å². The number of hydrogen-bond acceptors (Lipinski definition) is 3. The maximum absolute atomic E-state index is 12.8. The summed E-state index contributed by atoms with van der Waals surface area (Å²) in [6.07, 6.45) is 1.74. The average molecular weight is 415 g/mol. The predicted molar refractivity (Wildman–Crippen MR) is 123 cm³/mol. The maximum Gasteiger partial charge on any atom is 0.270 e. The van der Waals surface area contributed by atoms with Crippen LogP contribution in [0.5, 0.6) is 0 Å². The molecule has 0 spiro atoms. The highest BCUT2D eigenvalue weighted by atomic mass is 16.2. The van der Waals surface area contributed by atoms with Crippen molar-refractivity contribution in [3.63, 3.8) is 0 Å². The number of carbonyl (C=O) groups is 2. The van der Waals surface area contributed by atoms with Gasteiger partial charge < -0.3 is 15.6 Å². The Kier molecular flexibility index (Phi) is 5.98. The van der Waals surface area contributed by atoms with Crippen molar-refractivity contribution in [2.45, 2.75) is 32.7 Å². The molecule has 1 atom stereocenters. The van der Waals surface area contributed by atoms with Crippen LogP contribution < -0.4 is 10.6 Å². The summed E-state index contributed by atoms with van der Waals surface area (Å²) in [5.41, 5.74) is 4.22. The second kappa shape index (κ2) is 9.00. The minimum atomic E-state index is -0.648. The Morgan fingerprint density at radius 2 is 1.77 bits per heavy atom. The standard InChI is InChI=1S/C25H26N4O2/c1-16-23-20(19-12-6-7-13-21(19)29-23)15-22(27-16)25(31)28-17(2)24(30)26-14-8-11-18-9-4-3-5-10-18/h3-7,9-10,12-13,15,17,29H,8,11,14H2,1-2H3,(H,26,30)(H,28,31). The number of para-hydroxylation sites is 1. The second-order valence-electron chi connectivity index (χ2n) is 7.76. The molecule has 2 aromatic carbocycles. The minimum absolute atomic E-state index is 0.202. The van der Waals surface area contributed by atoms with E-state index in [0.29, 0.717) is 12.2 Å². The lowest BCUT2D eigenvalue weighted by Crippen LogP contribution is -2.45. The van der Waals surface area contributed by atoms with Crippen LogP contribution in [0.4, 0.5) is 0 Å². The Morgan fingerprint density at radius 1 is 1.03 bits per heavy atom. The Labute approximate surface area is 181 Å². The quantitative estimate of drug-likeness (QED) is 0.401. The lowest BCUT2D eigenvalue weighted by Gasteiger charge is -2.14. The van der Waals surface area contributed by atoms with E-state index in [1.54, 1.807) is 13.0 Å². The molecule has 0 aliphatic carbocycles. The molecule has 0 aliphatic heterocycles. The number of H-pyrrole nitrogens is 1. The van der Waals surface area contributed by atoms with E-state index in [1.165, 1.54) is 5.56 Å². The Bertz CT molecular complexity index is 1230. The summed E-state index contributed by atoms with van der Waals surface area (Å²) >= 11 is 0. The second-order valence-corrected chi connectivity index (χ2v) is 7.76. The van der Waals surface area contributed by atoms with E-state index in [4.69, 9.17) is 0 Å². The molecule has 158 valence electrons. The smallest absolute Gasteiger partial charge is 0.270 e. The molecule has 0 saturated heterocycles. The summed E-state index contributed by atoms with van der Waals surface area (Å²) in [4.78, 5) is 32.9. The molecule has 0 bridgehead atoms. The first-order chi connectivity index (χ1) is 15.0. The van der Waals surface area contributed by atoms with Crippen molar-refractivity contribution in [2.24, 2.45) is 0 Å². The van der Waals surface area contributed by atoms with Gasteiger partial charge in [-0.1, -0.05) is 48.5 Å². The zero-order chi connectivity index (χ0) is 21.8. The highest BCUT2D eigenvalue weighted by molar-refractivity contribution is 6.10. The summed E-state index contributed by atoms with van der Waals surface area (Å²) in [7, 11) is 0. The van der Waals surface area contributed by atoms with E-state index in [0.717, 1.165) is 40.3 Å². The van der Waals surface area contributed by atoms with Crippen LogP contribution in [0, 0.1) is 6.92 Å². The molecule has 6 nitrogen and oxygen atoms in total. The maximum atomic E-state index is 12.8. The van der Waals surface area contributed by atoms with E-state index in [9.17, 15) is 9.59 Å². The summed E-state index contributed by atoms with van der Waals surface area (Å²) in [6, 6.07) is 19.2. The largest absolute Gasteiger partial charge is 0.354 e. The fourth-order valence-corrected chi connectivity index (χ4v) is 3.76. The fourth-order valence-electron chi connectivity index (χ4n) is 3.76. The average Bonchev–Trinajstić information content (AvgIpc) is 3.16. The molecule has 1 unspecified atom stereocenters. The molecule has 2 amide bonds. The van der Waals surface area contributed by atoms with Crippen LogP contribution in [0.1, 0.15) is 35.1 Å². The first-order valence-corrected chi connectivity index (χ1v) is 10.5. The number of pyridine rings is 1. The molecule has 31 heavy (non-hydrogen) atoms. The minimum Gasteiger partial charge on any atom is -0.354 e. The highest BCUT2D eigenvalue weighted by Crippen LogP contribution is 2.27. The number of hydrogen-bond donors (Lipinski definition) is 3. The van der Waals surface area contributed by atoms with E-state index < -0.39 is 6.04 Å². The number of nitrogens with zero attached hydrogens (tertiary/aromatic N) is 1. The number of aryl methyl sites for hydroxylation is 2. The van der Waals surface area contributed by atoms with Gasteiger partial charge in [-0.15, -0.1) is 0 Å². The predicted octanol–water partition coefficient (Wildman–Crippen LogP) is 3.89. The lowest BCUT2D eigenvalue weighted by atomic mass is 10.1. The summed E-state index contributed by atoms with van der Waals surface area (Å²) in [5.74, 6) is -0.562. The van der Waals surface area contributed by atoms with Crippen molar-refractivity contribution in [2.75, 3.05) is 6.54 Å². The van der Waals surface area contributed by atoms with Gasteiger partial charge in [-0.25, -0.2) is 4.98 Å². The molecular weight excluding hydrogens is 388 g/mol. The van der Waals surface area contributed by atoms with Crippen LogP contribution in [-0.4, -0.2) is 34.4 Å². The third kappa shape index (κ3) is 4.58.